The number of carbonyl (C=O) groups is 1. The molecule has 0 N–H and O–H groups in total. The van der Waals surface area contributed by atoms with E-state index in [1.54, 1.807) is 13.2 Å². The molecule has 2 fully saturated rings. The van der Waals surface area contributed by atoms with E-state index < -0.39 is 24.3 Å². The lowest BCUT2D eigenvalue weighted by Gasteiger charge is -2.25. The van der Waals surface area contributed by atoms with Crippen molar-refractivity contribution in [1.82, 2.24) is 0 Å². The second-order valence-corrected chi connectivity index (χ2v) is 5.03. The number of hydrogen-bond donors (Lipinski definition) is 0. The van der Waals surface area contributed by atoms with Crippen molar-refractivity contribution < 1.29 is 28.5 Å². The highest BCUT2D eigenvalue weighted by atomic mass is 16.8. The lowest BCUT2D eigenvalue weighted by Crippen LogP contribution is -2.38. The Balaban J connectivity index is 1.80. The fourth-order valence-corrected chi connectivity index (χ4v) is 2.61. The number of rotatable bonds is 2. The Kier molecular flexibility index (Phi) is 2.71. The molecule has 3 heterocycles. The SMILES string of the molecule is CO[C@@H]1O[C@H]([C@H]2C=CC(=O)O2)[C@H]2OC(C)(C)O[C@@H]12. The molecule has 0 amide bonds. The molecule has 0 bridgehead atoms. The number of fused-ring (bicyclic) bond motifs is 1. The molecule has 3 aliphatic heterocycles. The lowest BCUT2D eigenvalue weighted by atomic mass is 10.1. The molecule has 0 aromatic rings. The monoisotopic (exact) mass is 256 g/mol. The van der Waals surface area contributed by atoms with E-state index in [0.717, 1.165) is 0 Å². The Labute approximate surface area is 105 Å². The Morgan fingerprint density at radius 1 is 1.22 bits per heavy atom. The average Bonchev–Trinajstić information content (AvgIpc) is 2.91. The Morgan fingerprint density at radius 3 is 2.56 bits per heavy atom. The first-order chi connectivity index (χ1) is 8.50. The third-order valence-corrected chi connectivity index (χ3v) is 3.28. The second-order valence-electron chi connectivity index (χ2n) is 5.03. The summed E-state index contributed by atoms with van der Waals surface area (Å²) in [6.45, 7) is 3.68. The van der Waals surface area contributed by atoms with E-state index in [1.807, 2.05) is 13.8 Å². The topological polar surface area (TPSA) is 63.2 Å². The van der Waals surface area contributed by atoms with Crippen molar-refractivity contribution in [3.05, 3.63) is 12.2 Å². The Hall–Kier alpha value is -0.950. The van der Waals surface area contributed by atoms with Gasteiger partial charge in [0.25, 0.3) is 0 Å². The minimum Gasteiger partial charge on any atom is -0.452 e. The summed E-state index contributed by atoms with van der Waals surface area (Å²) in [4.78, 5) is 11.1. The zero-order valence-corrected chi connectivity index (χ0v) is 10.5. The summed E-state index contributed by atoms with van der Waals surface area (Å²) < 4.78 is 27.7. The maximum atomic E-state index is 11.1. The fraction of sp³-hybridized carbons (Fsp3) is 0.750. The summed E-state index contributed by atoms with van der Waals surface area (Å²) in [5, 5.41) is 0. The quantitative estimate of drug-likeness (QED) is 0.665. The lowest BCUT2D eigenvalue weighted by molar-refractivity contribution is -0.235. The third-order valence-electron chi connectivity index (χ3n) is 3.28. The van der Waals surface area contributed by atoms with Gasteiger partial charge >= 0.3 is 5.97 Å². The predicted octanol–water partition coefficient (Wildman–Crippen LogP) is 0.359. The van der Waals surface area contributed by atoms with E-state index in [9.17, 15) is 4.79 Å². The largest absolute Gasteiger partial charge is 0.452 e. The van der Waals surface area contributed by atoms with Crippen molar-refractivity contribution in [3.63, 3.8) is 0 Å². The molecule has 6 nitrogen and oxygen atoms in total. The molecule has 0 radical (unpaired) electrons. The van der Waals surface area contributed by atoms with Gasteiger partial charge in [0.15, 0.2) is 12.1 Å². The minimum atomic E-state index is -0.680. The summed E-state index contributed by atoms with van der Waals surface area (Å²) in [6.07, 6.45) is 1.12. The molecule has 0 aromatic heterocycles. The molecular weight excluding hydrogens is 240 g/mol. The van der Waals surface area contributed by atoms with Gasteiger partial charge in [0.2, 0.25) is 0 Å². The first kappa shape index (κ1) is 12.1. The van der Waals surface area contributed by atoms with Crippen molar-refractivity contribution in [2.24, 2.45) is 0 Å². The van der Waals surface area contributed by atoms with Crippen LogP contribution in [0.5, 0.6) is 0 Å². The molecule has 3 rings (SSSR count). The van der Waals surface area contributed by atoms with E-state index in [-0.39, 0.29) is 18.2 Å². The summed E-state index contributed by atoms with van der Waals surface area (Å²) in [6, 6.07) is 0. The summed E-state index contributed by atoms with van der Waals surface area (Å²) in [5.41, 5.74) is 0. The number of methoxy groups -OCH3 is 1. The molecule has 3 aliphatic rings. The van der Waals surface area contributed by atoms with Crippen LogP contribution in [0.4, 0.5) is 0 Å². The highest BCUT2D eigenvalue weighted by Crippen LogP contribution is 2.41. The molecule has 6 heteroatoms. The first-order valence-corrected chi connectivity index (χ1v) is 5.93. The van der Waals surface area contributed by atoms with Crippen molar-refractivity contribution in [1.29, 1.82) is 0 Å². The van der Waals surface area contributed by atoms with Gasteiger partial charge in [0, 0.05) is 13.2 Å². The van der Waals surface area contributed by atoms with Gasteiger partial charge in [-0.05, 0) is 19.9 Å². The maximum absolute atomic E-state index is 11.1. The molecule has 100 valence electrons. The van der Waals surface area contributed by atoms with E-state index in [0.29, 0.717) is 0 Å². The van der Waals surface area contributed by atoms with Crippen molar-refractivity contribution >= 4 is 5.97 Å². The van der Waals surface area contributed by atoms with Gasteiger partial charge in [-0.1, -0.05) is 0 Å². The van der Waals surface area contributed by atoms with Crippen LogP contribution >= 0.6 is 0 Å². The van der Waals surface area contributed by atoms with Crippen LogP contribution in [0.3, 0.4) is 0 Å². The van der Waals surface area contributed by atoms with E-state index in [4.69, 9.17) is 23.7 Å². The molecule has 0 unspecified atom stereocenters. The molecule has 0 aliphatic carbocycles. The van der Waals surface area contributed by atoms with Gasteiger partial charge < -0.3 is 23.7 Å². The van der Waals surface area contributed by atoms with Gasteiger partial charge in [0.05, 0.1) is 0 Å². The normalized spacial score (nSPS) is 45.3. The Bertz CT molecular complexity index is 390. The average molecular weight is 256 g/mol. The highest BCUT2D eigenvalue weighted by molar-refractivity contribution is 5.84. The second kappa shape index (κ2) is 4.03. The number of hydrogen-bond acceptors (Lipinski definition) is 6. The molecular formula is C12H16O6. The van der Waals surface area contributed by atoms with Gasteiger partial charge in [-0.3, -0.25) is 0 Å². The van der Waals surface area contributed by atoms with Crippen molar-refractivity contribution in [2.75, 3.05) is 7.11 Å². The maximum Gasteiger partial charge on any atom is 0.331 e. The van der Waals surface area contributed by atoms with Crippen molar-refractivity contribution in [2.45, 2.75) is 50.3 Å². The highest BCUT2D eigenvalue weighted by Gasteiger charge is 2.58. The van der Waals surface area contributed by atoms with Crippen LogP contribution in [-0.4, -0.2) is 49.6 Å². The standard InChI is InChI=1S/C12H16O6/c1-12(2)17-9-8(6-4-5-7(13)15-6)16-11(14-3)10(9)18-12/h4-6,8-11H,1-3H3/t6-,8-,9-,10-,11-/m1/s1. The van der Waals surface area contributed by atoms with Gasteiger partial charge in [-0.2, -0.15) is 0 Å². The fourth-order valence-electron chi connectivity index (χ4n) is 2.61. The smallest absolute Gasteiger partial charge is 0.331 e. The minimum absolute atomic E-state index is 0.300. The molecule has 0 spiro atoms. The molecule has 2 saturated heterocycles. The van der Waals surface area contributed by atoms with Gasteiger partial charge in [0.1, 0.15) is 24.4 Å². The van der Waals surface area contributed by atoms with Crippen LogP contribution < -0.4 is 0 Å². The molecule has 18 heavy (non-hydrogen) atoms. The van der Waals surface area contributed by atoms with E-state index >= 15 is 0 Å². The molecule has 5 atom stereocenters. The predicted molar refractivity (Wildman–Crippen MR) is 58.5 cm³/mol. The van der Waals surface area contributed by atoms with Gasteiger partial charge in [-0.25, -0.2) is 4.79 Å². The van der Waals surface area contributed by atoms with Crippen LogP contribution in [-0.2, 0) is 28.5 Å². The zero-order chi connectivity index (χ0) is 12.9. The van der Waals surface area contributed by atoms with Crippen LogP contribution in [0, 0.1) is 0 Å². The summed E-state index contributed by atoms with van der Waals surface area (Å²) >= 11 is 0. The number of carbonyl (C=O) groups excluding carboxylic acids is 1. The third kappa shape index (κ3) is 1.85. The van der Waals surface area contributed by atoms with E-state index in [2.05, 4.69) is 0 Å². The zero-order valence-electron chi connectivity index (χ0n) is 10.5. The summed E-state index contributed by atoms with van der Waals surface area (Å²) in [5.74, 6) is -1.04. The van der Waals surface area contributed by atoms with Crippen LogP contribution in [0.25, 0.3) is 0 Å². The molecule has 0 aromatic carbocycles. The molecule has 0 saturated carbocycles. The van der Waals surface area contributed by atoms with Gasteiger partial charge in [-0.15, -0.1) is 0 Å². The number of cyclic esters (lactones) is 1. The van der Waals surface area contributed by atoms with Crippen LogP contribution in [0.1, 0.15) is 13.8 Å². The van der Waals surface area contributed by atoms with E-state index in [1.165, 1.54) is 6.08 Å². The number of ether oxygens (including phenoxy) is 5. The van der Waals surface area contributed by atoms with Crippen LogP contribution in [0.2, 0.25) is 0 Å². The van der Waals surface area contributed by atoms with Crippen molar-refractivity contribution in [3.8, 4) is 0 Å². The van der Waals surface area contributed by atoms with Crippen LogP contribution in [0.15, 0.2) is 12.2 Å². The summed E-state index contributed by atoms with van der Waals surface area (Å²) in [7, 11) is 1.55. The first-order valence-electron chi connectivity index (χ1n) is 5.93. The number of esters is 1. The Morgan fingerprint density at radius 2 is 1.94 bits per heavy atom.